The van der Waals surface area contributed by atoms with Crippen LogP contribution in [0.5, 0.6) is 0 Å². The maximum atomic E-state index is 12.1. The van der Waals surface area contributed by atoms with Crippen molar-refractivity contribution in [2.75, 3.05) is 6.35 Å². The van der Waals surface area contributed by atoms with Crippen LogP contribution in [0.3, 0.4) is 0 Å². The van der Waals surface area contributed by atoms with Crippen molar-refractivity contribution in [3.8, 4) is 0 Å². The molecule has 0 aromatic carbocycles. The number of hydrogen-bond acceptors (Lipinski definition) is 6. The fourth-order valence-electron chi connectivity index (χ4n) is 1.74. The molecule has 0 aliphatic rings. The van der Waals surface area contributed by atoms with E-state index in [4.69, 9.17) is 18.7 Å². The van der Waals surface area contributed by atoms with E-state index in [1.807, 2.05) is 20.8 Å². The third-order valence-electron chi connectivity index (χ3n) is 2.49. The zero-order valence-corrected chi connectivity index (χ0v) is 15.4. The van der Waals surface area contributed by atoms with Crippen LogP contribution < -0.4 is 0 Å². The van der Waals surface area contributed by atoms with Gasteiger partial charge in [0.05, 0.1) is 11.7 Å². The molecule has 0 rings (SSSR count). The number of ether oxygens (including phenoxy) is 3. The Hall–Kier alpha value is -0.620. The smallest absolute Gasteiger partial charge is 0.432 e. The third-order valence-corrected chi connectivity index (χ3v) is 3.67. The highest BCUT2D eigenvalue weighted by molar-refractivity contribution is 7.52. The van der Waals surface area contributed by atoms with Gasteiger partial charge in [0.1, 0.15) is 6.35 Å². The molecule has 0 bridgehead atoms. The Labute approximate surface area is 132 Å². The van der Waals surface area contributed by atoms with Crippen LogP contribution >= 0.6 is 7.60 Å². The van der Waals surface area contributed by atoms with Crippen LogP contribution in [0.25, 0.3) is 0 Å². The Morgan fingerprint density at radius 3 is 2.23 bits per heavy atom. The maximum Gasteiger partial charge on any atom is 0.511 e. The van der Waals surface area contributed by atoms with Gasteiger partial charge in [-0.15, -0.1) is 0 Å². The molecular formula is C14H29O7P. The van der Waals surface area contributed by atoms with E-state index >= 15 is 0 Å². The summed E-state index contributed by atoms with van der Waals surface area (Å²) in [7, 11) is -4.08. The first-order valence-electron chi connectivity index (χ1n) is 7.35. The average Bonchev–Trinajstić information content (AvgIpc) is 2.22. The van der Waals surface area contributed by atoms with Crippen LogP contribution in [0.2, 0.25) is 0 Å². The summed E-state index contributed by atoms with van der Waals surface area (Å²) in [4.78, 5) is 21.3. The Bertz CT molecular complexity index is 404. The first-order valence-corrected chi connectivity index (χ1v) is 9.11. The predicted octanol–water partition coefficient (Wildman–Crippen LogP) is 4.04. The summed E-state index contributed by atoms with van der Waals surface area (Å²) in [5.41, 5.74) is -0.530. The second kappa shape index (κ2) is 8.29. The Morgan fingerprint density at radius 1 is 1.23 bits per heavy atom. The van der Waals surface area contributed by atoms with E-state index in [9.17, 15) is 14.3 Å². The zero-order chi connectivity index (χ0) is 17.6. The second-order valence-electron chi connectivity index (χ2n) is 6.43. The van der Waals surface area contributed by atoms with Crippen molar-refractivity contribution in [1.82, 2.24) is 0 Å². The number of hydrogen-bond donors (Lipinski definition) is 1. The molecule has 1 atom stereocenters. The van der Waals surface area contributed by atoms with Crippen molar-refractivity contribution in [3.05, 3.63) is 0 Å². The lowest BCUT2D eigenvalue weighted by Crippen LogP contribution is -2.33. The summed E-state index contributed by atoms with van der Waals surface area (Å²) in [5, 5.41) is 0. The van der Waals surface area contributed by atoms with Crippen LogP contribution in [0.1, 0.15) is 61.3 Å². The SMILES string of the molecule is CCCC(C)(C)OCP(=O)(O)OC(C)(C)OC(=O)OC(C)C. The molecule has 0 spiro atoms. The number of carbonyl (C=O) groups is 1. The minimum Gasteiger partial charge on any atom is -0.432 e. The molecule has 0 aromatic rings. The standard InChI is InChI=1S/C14H29O7P/c1-8-9-13(4,5)18-10-22(16,17)21-14(6,7)20-12(15)19-11(2)3/h11H,8-10H2,1-7H3,(H,16,17). The lowest BCUT2D eigenvalue weighted by molar-refractivity contribution is -0.141. The molecule has 0 amide bonds. The van der Waals surface area contributed by atoms with Crippen LogP contribution in [0, 0.1) is 0 Å². The number of carbonyl (C=O) groups excluding carboxylic acids is 1. The highest BCUT2D eigenvalue weighted by atomic mass is 31.2. The summed E-state index contributed by atoms with van der Waals surface area (Å²) < 4.78 is 32.2. The molecule has 0 aromatic heterocycles. The summed E-state index contributed by atoms with van der Waals surface area (Å²) in [6, 6.07) is 0. The summed E-state index contributed by atoms with van der Waals surface area (Å²) in [5.74, 6) is -1.60. The van der Waals surface area contributed by atoms with Gasteiger partial charge < -0.3 is 19.1 Å². The molecule has 0 saturated carbocycles. The minimum absolute atomic E-state index is 0.359. The molecule has 1 unspecified atom stereocenters. The monoisotopic (exact) mass is 340 g/mol. The third kappa shape index (κ3) is 10.2. The summed E-state index contributed by atoms with van der Waals surface area (Å²) in [6.07, 6.45) is -0.173. The van der Waals surface area contributed by atoms with Crippen LogP contribution in [0.4, 0.5) is 4.79 Å². The van der Waals surface area contributed by atoms with E-state index in [-0.39, 0.29) is 6.10 Å². The summed E-state index contributed by atoms with van der Waals surface area (Å²) in [6.45, 7) is 11.7. The molecule has 22 heavy (non-hydrogen) atoms. The molecule has 0 aliphatic carbocycles. The van der Waals surface area contributed by atoms with Crippen molar-refractivity contribution < 1.29 is 33.0 Å². The van der Waals surface area contributed by atoms with Crippen LogP contribution in [-0.2, 0) is 23.3 Å². The fraction of sp³-hybridized carbons (Fsp3) is 0.929. The van der Waals surface area contributed by atoms with Crippen LogP contribution in [-0.4, -0.2) is 34.9 Å². The average molecular weight is 340 g/mol. The minimum atomic E-state index is -4.08. The lowest BCUT2D eigenvalue weighted by Gasteiger charge is -2.30. The Morgan fingerprint density at radius 2 is 1.77 bits per heavy atom. The Kier molecular flexibility index (Phi) is 8.06. The first kappa shape index (κ1) is 21.4. The number of rotatable bonds is 9. The van der Waals surface area contributed by atoms with Gasteiger partial charge in [0.15, 0.2) is 0 Å². The van der Waals surface area contributed by atoms with Gasteiger partial charge in [-0.1, -0.05) is 13.3 Å². The topological polar surface area (TPSA) is 91.3 Å². The van der Waals surface area contributed by atoms with Gasteiger partial charge in [-0.3, -0.25) is 9.09 Å². The van der Waals surface area contributed by atoms with E-state index in [0.717, 1.165) is 12.8 Å². The zero-order valence-electron chi connectivity index (χ0n) is 14.5. The van der Waals surface area contributed by atoms with Gasteiger partial charge in [-0.2, -0.15) is 0 Å². The Balaban J connectivity index is 4.55. The van der Waals surface area contributed by atoms with E-state index in [1.165, 1.54) is 13.8 Å². The van der Waals surface area contributed by atoms with Crippen molar-refractivity contribution in [3.63, 3.8) is 0 Å². The van der Waals surface area contributed by atoms with E-state index in [1.54, 1.807) is 13.8 Å². The molecule has 7 nitrogen and oxygen atoms in total. The fourth-order valence-corrected chi connectivity index (χ4v) is 3.03. The predicted molar refractivity (Wildman–Crippen MR) is 82.6 cm³/mol. The van der Waals surface area contributed by atoms with E-state index < -0.39 is 31.5 Å². The highest BCUT2D eigenvalue weighted by Crippen LogP contribution is 2.47. The quantitative estimate of drug-likeness (QED) is 0.385. The van der Waals surface area contributed by atoms with Gasteiger partial charge in [-0.25, -0.2) is 4.79 Å². The molecular weight excluding hydrogens is 311 g/mol. The van der Waals surface area contributed by atoms with Crippen molar-refractivity contribution in [1.29, 1.82) is 0 Å². The molecule has 0 saturated heterocycles. The van der Waals surface area contributed by atoms with Gasteiger partial charge in [0.25, 0.3) is 0 Å². The first-order chi connectivity index (χ1) is 9.79. The van der Waals surface area contributed by atoms with Crippen molar-refractivity contribution in [2.45, 2.75) is 78.8 Å². The molecule has 1 N–H and O–H groups in total. The van der Waals surface area contributed by atoms with Crippen molar-refractivity contribution >= 4 is 13.8 Å². The molecule has 0 fully saturated rings. The lowest BCUT2D eigenvalue weighted by atomic mass is 10.0. The van der Waals surface area contributed by atoms with E-state index in [2.05, 4.69) is 0 Å². The molecule has 132 valence electrons. The van der Waals surface area contributed by atoms with Gasteiger partial charge in [0, 0.05) is 13.8 Å². The van der Waals surface area contributed by atoms with Gasteiger partial charge in [-0.05, 0) is 34.1 Å². The largest absolute Gasteiger partial charge is 0.511 e. The second-order valence-corrected chi connectivity index (χ2v) is 8.15. The van der Waals surface area contributed by atoms with Gasteiger partial charge in [0.2, 0.25) is 5.79 Å². The molecule has 0 radical (unpaired) electrons. The van der Waals surface area contributed by atoms with Crippen molar-refractivity contribution in [2.24, 2.45) is 0 Å². The van der Waals surface area contributed by atoms with Gasteiger partial charge >= 0.3 is 13.8 Å². The summed E-state index contributed by atoms with van der Waals surface area (Å²) >= 11 is 0. The highest BCUT2D eigenvalue weighted by Gasteiger charge is 2.36. The normalized spacial score (nSPS) is 15.5. The molecule has 0 aliphatic heterocycles. The van der Waals surface area contributed by atoms with E-state index in [0.29, 0.717) is 0 Å². The van der Waals surface area contributed by atoms with Crippen LogP contribution in [0.15, 0.2) is 0 Å². The maximum absolute atomic E-state index is 12.1. The molecule has 8 heteroatoms. The molecule has 0 heterocycles.